The second-order valence-corrected chi connectivity index (χ2v) is 5.22. The number of urea groups is 1. The van der Waals surface area contributed by atoms with Crippen LogP contribution in [0, 0.1) is 11.3 Å². The molecule has 0 saturated carbocycles. The monoisotopic (exact) mass is 352 g/mol. The molecule has 0 fully saturated rings. The number of esters is 1. The van der Waals surface area contributed by atoms with Crippen molar-refractivity contribution in [3.8, 4) is 6.07 Å². The van der Waals surface area contributed by atoms with Crippen molar-refractivity contribution >= 4 is 29.3 Å². The minimum absolute atomic E-state index is 0.230. The lowest BCUT2D eigenvalue weighted by molar-refractivity contribution is -0.119. The summed E-state index contributed by atoms with van der Waals surface area (Å²) >= 11 is 0. The first-order valence-corrected chi connectivity index (χ1v) is 7.57. The molecule has 0 spiro atoms. The first-order chi connectivity index (χ1) is 12.5. The van der Waals surface area contributed by atoms with Crippen LogP contribution < -0.4 is 16.4 Å². The molecule has 0 aliphatic carbocycles. The highest BCUT2D eigenvalue weighted by Gasteiger charge is 2.10. The number of carbonyl (C=O) groups is 3. The zero-order valence-corrected chi connectivity index (χ0v) is 13.7. The zero-order valence-electron chi connectivity index (χ0n) is 13.7. The molecule has 0 saturated heterocycles. The summed E-state index contributed by atoms with van der Waals surface area (Å²) in [7, 11) is 0. The van der Waals surface area contributed by atoms with E-state index in [0.29, 0.717) is 17.8 Å². The first-order valence-electron chi connectivity index (χ1n) is 7.57. The Hall–Kier alpha value is -3.86. The molecule has 0 bridgehead atoms. The fourth-order valence-corrected chi connectivity index (χ4v) is 2.04. The maximum atomic E-state index is 11.9. The van der Waals surface area contributed by atoms with Gasteiger partial charge in [0.1, 0.15) is 0 Å². The van der Waals surface area contributed by atoms with E-state index in [1.54, 1.807) is 24.3 Å². The number of nitrogens with one attached hydrogen (secondary N) is 2. The second kappa shape index (κ2) is 8.84. The van der Waals surface area contributed by atoms with Crippen LogP contribution in [0.4, 0.5) is 16.2 Å². The van der Waals surface area contributed by atoms with Crippen LogP contribution in [0.25, 0.3) is 0 Å². The number of nitrogens with two attached hydrogens (primary N) is 1. The molecule has 2 aromatic carbocycles. The fraction of sp³-hybridized carbons (Fsp3) is 0.111. The molecule has 0 aromatic heterocycles. The Labute approximate surface area is 149 Å². The van der Waals surface area contributed by atoms with Gasteiger partial charge >= 0.3 is 12.0 Å². The molecule has 0 aliphatic heterocycles. The third kappa shape index (κ3) is 5.65. The number of rotatable bonds is 6. The van der Waals surface area contributed by atoms with Gasteiger partial charge in [-0.1, -0.05) is 12.1 Å². The van der Waals surface area contributed by atoms with Gasteiger partial charge < -0.3 is 21.1 Å². The van der Waals surface area contributed by atoms with E-state index >= 15 is 0 Å². The van der Waals surface area contributed by atoms with Crippen LogP contribution in [0.2, 0.25) is 0 Å². The molecule has 3 amide bonds. The number of primary amides is 1. The number of amides is 3. The summed E-state index contributed by atoms with van der Waals surface area (Å²) in [5.41, 5.74) is 7.03. The van der Waals surface area contributed by atoms with Crippen molar-refractivity contribution in [3.05, 3.63) is 59.7 Å². The van der Waals surface area contributed by atoms with Crippen molar-refractivity contribution < 1.29 is 19.1 Å². The van der Waals surface area contributed by atoms with E-state index in [0.717, 1.165) is 5.56 Å². The van der Waals surface area contributed by atoms with Gasteiger partial charge in [0, 0.05) is 11.4 Å². The molecule has 4 N–H and O–H groups in total. The van der Waals surface area contributed by atoms with E-state index in [9.17, 15) is 14.4 Å². The molecule has 132 valence electrons. The molecule has 0 unspecified atom stereocenters. The van der Waals surface area contributed by atoms with Gasteiger partial charge in [0.05, 0.1) is 18.1 Å². The Morgan fingerprint density at radius 1 is 0.962 bits per heavy atom. The number of nitriles is 1. The lowest BCUT2D eigenvalue weighted by Gasteiger charge is -2.08. The van der Waals surface area contributed by atoms with Gasteiger partial charge in [0.25, 0.3) is 5.91 Å². The Morgan fingerprint density at radius 2 is 1.54 bits per heavy atom. The van der Waals surface area contributed by atoms with Crippen molar-refractivity contribution in [1.82, 2.24) is 0 Å². The van der Waals surface area contributed by atoms with Gasteiger partial charge in [0.2, 0.25) is 0 Å². The summed E-state index contributed by atoms with van der Waals surface area (Å²) in [6, 6.07) is 14.0. The Balaban J connectivity index is 1.83. The SMILES string of the molecule is N#CCc1ccc(NC(=O)COC(=O)c2ccc(NC(N)=O)cc2)cc1. The van der Waals surface area contributed by atoms with Crippen molar-refractivity contribution in [3.63, 3.8) is 0 Å². The molecule has 8 heteroatoms. The number of benzene rings is 2. The summed E-state index contributed by atoms with van der Waals surface area (Å²) in [5.74, 6) is -1.16. The number of hydrogen-bond acceptors (Lipinski definition) is 5. The van der Waals surface area contributed by atoms with Crippen LogP contribution in [0.15, 0.2) is 48.5 Å². The van der Waals surface area contributed by atoms with Crippen molar-refractivity contribution in [2.75, 3.05) is 17.2 Å². The minimum atomic E-state index is -0.711. The zero-order chi connectivity index (χ0) is 18.9. The predicted molar refractivity (Wildman–Crippen MR) is 94.3 cm³/mol. The smallest absolute Gasteiger partial charge is 0.338 e. The second-order valence-electron chi connectivity index (χ2n) is 5.22. The fourth-order valence-electron chi connectivity index (χ4n) is 2.04. The largest absolute Gasteiger partial charge is 0.452 e. The van der Waals surface area contributed by atoms with E-state index < -0.39 is 24.5 Å². The van der Waals surface area contributed by atoms with E-state index in [4.69, 9.17) is 15.7 Å². The van der Waals surface area contributed by atoms with Gasteiger partial charge in [0.15, 0.2) is 6.61 Å². The average Bonchev–Trinajstić information content (AvgIpc) is 2.62. The summed E-state index contributed by atoms with van der Waals surface area (Å²) in [4.78, 5) is 34.5. The third-order valence-corrected chi connectivity index (χ3v) is 3.24. The van der Waals surface area contributed by atoms with Gasteiger partial charge in [-0.3, -0.25) is 4.79 Å². The highest BCUT2D eigenvalue weighted by atomic mass is 16.5. The molecule has 0 aliphatic rings. The van der Waals surface area contributed by atoms with E-state index in [1.165, 1.54) is 24.3 Å². The van der Waals surface area contributed by atoms with Crippen LogP contribution in [0.5, 0.6) is 0 Å². The maximum Gasteiger partial charge on any atom is 0.338 e. The van der Waals surface area contributed by atoms with Crippen LogP contribution in [-0.2, 0) is 16.0 Å². The van der Waals surface area contributed by atoms with Crippen molar-refractivity contribution in [2.45, 2.75) is 6.42 Å². The number of ether oxygens (including phenoxy) is 1. The number of anilines is 2. The molecule has 2 aromatic rings. The lowest BCUT2D eigenvalue weighted by atomic mass is 10.1. The van der Waals surface area contributed by atoms with E-state index in [2.05, 4.69) is 10.6 Å². The first kappa shape index (κ1) is 18.5. The highest BCUT2D eigenvalue weighted by molar-refractivity contribution is 5.96. The molecule has 0 radical (unpaired) electrons. The number of hydrogen-bond donors (Lipinski definition) is 3. The Bertz CT molecular complexity index is 839. The highest BCUT2D eigenvalue weighted by Crippen LogP contribution is 2.11. The molecule has 2 rings (SSSR count). The standard InChI is InChI=1S/C18H16N4O4/c19-10-9-12-1-5-14(6-2-12)21-16(23)11-26-17(24)13-3-7-15(8-4-13)22-18(20)25/h1-8H,9,11H2,(H,21,23)(H3,20,22,25). The molecular weight excluding hydrogens is 336 g/mol. The molecule has 0 heterocycles. The lowest BCUT2D eigenvalue weighted by Crippen LogP contribution is -2.21. The quantitative estimate of drug-likeness (QED) is 0.684. The van der Waals surface area contributed by atoms with Crippen LogP contribution >= 0.6 is 0 Å². The van der Waals surface area contributed by atoms with Gasteiger partial charge in [-0.05, 0) is 42.0 Å². The summed E-state index contributed by atoms with van der Waals surface area (Å²) in [6.07, 6.45) is 0.291. The van der Waals surface area contributed by atoms with Gasteiger partial charge in [-0.15, -0.1) is 0 Å². The Morgan fingerprint density at radius 3 is 2.12 bits per heavy atom. The average molecular weight is 352 g/mol. The molecule has 26 heavy (non-hydrogen) atoms. The predicted octanol–water partition coefficient (Wildman–Crippen LogP) is 2.04. The van der Waals surface area contributed by atoms with Crippen LogP contribution in [0.1, 0.15) is 15.9 Å². The normalized spacial score (nSPS) is 9.65. The topological polar surface area (TPSA) is 134 Å². The Kier molecular flexibility index (Phi) is 6.28. The number of carbonyl (C=O) groups excluding carboxylic acids is 3. The van der Waals surface area contributed by atoms with Gasteiger partial charge in [-0.2, -0.15) is 5.26 Å². The molecular formula is C18H16N4O4. The maximum absolute atomic E-state index is 11.9. The van der Waals surface area contributed by atoms with E-state index in [-0.39, 0.29) is 5.56 Å². The number of nitrogens with zero attached hydrogens (tertiary/aromatic N) is 1. The summed E-state index contributed by atoms with van der Waals surface area (Å²) in [6.45, 7) is -0.444. The molecule has 8 nitrogen and oxygen atoms in total. The summed E-state index contributed by atoms with van der Waals surface area (Å²) < 4.78 is 4.94. The third-order valence-electron chi connectivity index (χ3n) is 3.24. The van der Waals surface area contributed by atoms with Crippen molar-refractivity contribution in [1.29, 1.82) is 5.26 Å². The summed E-state index contributed by atoms with van der Waals surface area (Å²) in [5, 5.41) is 13.6. The van der Waals surface area contributed by atoms with Gasteiger partial charge in [-0.25, -0.2) is 9.59 Å². The van der Waals surface area contributed by atoms with Crippen LogP contribution in [-0.4, -0.2) is 24.5 Å². The van der Waals surface area contributed by atoms with E-state index in [1.807, 2.05) is 6.07 Å². The van der Waals surface area contributed by atoms with Crippen LogP contribution in [0.3, 0.4) is 0 Å². The molecule has 0 atom stereocenters. The van der Waals surface area contributed by atoms with Crippen molar-refractivity contribution in [2.24, 2.45) is 5.73 Å². The minimum Gasteiger partial charge on any atom is -0.452 e.